The van der Waals surface area contributed by atoms with Crippen molar-refractivity contribution in [2.45, 2.75) is 19.3 Å². The van der Waals surface area contributed by atoms with Gasteiger partial charge in [0.25, 0.3) is 0 Å². The predicted molar refractivity (Wildman–Crippen MR) is 44.2 cm³/mol. The first-order chi connectivity index (χ1) is 5.74. The van der Waals surface area contributed by atoms with E-state index in [1.165, 1.54) is 0 Å². The van der Waals surface area contributed by atoms with E-state index in [-0.39, 0.29) is 0 Å². The quantitative estimate of drug-likeness (QED) is 0.693. The Balaban J connectivity index is 2.17. The van der Waals surface area contributed by atoms with Crippen LogP contribution in [0.2, 0.25) is 0 Å². The van der Waals surface area contributed by atoms with Gasteiger partial charge in [0, 0.05) is 12.5 Å². The fourth-order valence-corrected chi connectivity index (χ4v) is 1.59. The second-order valence-electron chi connectivity index (χ2n) is 3.33. The maximum absolute atomic E-state index is 12.2. The Hall–Kier alpha value is -0.220. The lowest BCUT2D eigenvalue weighted by molar-refractivity contribution is 0.0807. The van der Waals surface area contributed by atoms with Gasteiger partial charge < -0.3 is 10.6 Å². The standard InChI is InChI=1S/C8H16F2N2/c9-8(10)7-2-5-12(6-7)4-1-3-11/h7-8H,1-6,11H2/t7-/m0/s1. The average Bonchev–Trinajstić information content (AvgIpc) is 2.48. The SMILES string of the molecule is NCCCN1CC[C@H](C(F)F)C1. The van der Waals surface area contributed by atoms with Crippen LogP contribution in [0.25, 0.3) is 0 Å². The van der Waals surface area contributed by atoms with Crippen LogP contribution in [0.15, 0.2) is 0 Å². The lowest BCUT2D eigenvalue weighted by Crippen LogP contribution is -2.25. The summed E-state index contributed by atoms with van der Waals surface area (Å²) in [7, 11) is 0. The summed E-state index contributed by atoms with van der Waals surface area (Å²) in [4.78, 5) is 2.07. The number of alkyl halides is 2. The molecule has 0 bridgehead atoms. The highest BCUT2D eigenvalue weighted by molar-refractivity contribution is 4.76. The Labute approximate surface area is 71.7 Å². The molecule has 1 fully saturated rings. The molecule has 1 aliphatic heterocycles. The molecule has 1 atom stereocenters. The molecule has 0 radical (unpaired) electrons. The molecule has 2 nitrogen and oxygen atoms in total. The molecule has 72 valence electrons. The molecule has 12 heavy (non-hydrogen) atoms. The lowest BCUT2D eigenvalue weighted by atomic mass is 10.1. The maximum Gasteiger partial charge on any atom is 0.242 e. The van der Waals surface area contributed by atoms with Crippen LogP contribution in [0.5, 0.6) is 0 Å². The van der Waals surface area contributed by atoms with Crippen LogP contribution in [0.4, 0.5) is 8.78 Å². The molecular weight excluding hydrogens is 162 g/mol. The van der Waals surface area contributed by atoms with E-state index in [0.29, 0.717) is 19.5 Å². The van der Waals surface area contributed by atoms with Crippen molar-refractivity contribution in [3.63, 3.8) is 0 Å². The van der Waals surface area contributed by atoms with E-state index in [9.17, 15) is 8.78 Å². The van der Waals surface area contributed by atoms with Gasteiger partial charge in [-0.1, -0.05) is 0 Å². The van der Waals surface area contributed by atoms with Gasteiger partial charge in [0.1, 0.15) is 0 Å². The molecule has 0 unspecified atom stereocenters. The fourth-order valence-electron chi connectivity index (χ4n) is 1.59. The molecule has 2 N–H and O–H groups in total. The third kappa shape index (κ3) is 2.68. The van der Waals surface area contributed by atoms with Crippen molar-refractivity contribution in [2.75, 3.05) is 26.2 Å². The molecule has 0 amide bonds. The normalized spacial score (nSPS) is 25.5. The van der Waals surface area contributed by atoms with E-state index >= 15 is 0 Å². The Bertz CT molecular complexity index is 130. The van der Waals surface area contributed by atoms with E-state index in [4.69, 9.17) is 5.73 Å². The van der Waals surface area contributed by atoms with E-state index in [1.807, 2.05) is 0 Å². The Morgan fingerprint density at radius 3 is 2.75 bits per heavy atom. The summed E-state index contributed by atoms with van der Waals surface area (Å²) < 4.78 is 24.4. The molecule has 4 heteroatoms. The number of likely N-dealkylation sites (tertiary alicyclic amines) is 1. The molecule has 0 aromatic heterocycles. The van der Waals surface area contributed by atoms with Gasteiger partial charge in [0.2, 0.25) is 6.43 Å². The van der Waals surface area contributed by atoms with Gasteiger partial charge in [-0.25, -0.2) is 8.78 Å². The van der Waals surface area contributed by atoms with Gasteiger partial charge in [0.05, 0.1) is 0 Å². The summed E-state index contributed by atoms with van der Waals surface area (Å²) in [6.45, 7) is 2.89. The zero-order valence-electron chi connectivity index (χ0n) is 7.18. The van der Waals surface area contributed by atoms with Gasteiger partial charge in [-0.15, -0.1) is 0 Å². The molecular formula is C8H16F2N2. The largest absolute Gasteiger partial charge is 0.330 e. The number of halogens is 2. The Morgan fingerprint density at radius 2 is 2.25 bits per heavy atom. The smallest absolute Gasteiger partial charge is 0.242 e. The first-order valence-electron chi connectivity index (χ1n) is 4.44. The van der Waals surface area contributed by atoms with Crippen LogP contribution < -0.4 is 5.73 Å². The molecule has 0 spiro atoms. The van der Waals surface area contributed by atoms with Crippen molar-refractivity contribution in [2.24, 2.45) is 11.7 Å². The second kappa shape index (κ2) is 4.72. The fraction of sp³-hybridized carbons (Fsp3) is 1.00. The molecule has 0 aliphatic carbocycles. The van der Waals surface area contributed by atoms with Crippen molar-refractivity contribution >= 4 is 0 Å². The highest BCUT2D eigenvalue weighted by Gasteiger charge is 2.28. The first-order valence-corrected chi connectivity index (χ1v) is 4.44. The molecule has 1 rings (SSSR count). The third-order valence-corrected chi connectivity index (χ3v) is 2.34. The van der Waals surface area contributed by atoms with Crippen LogP contribution >= 0.6 is 0 Å². The molecule has 1 heterocycles. The van der Waals surface area contributed by atoms with Crippen molar-refractivity contribution in [3.05, 3.63) is 0 Å². The predicted octanol–water partition coefficient (Wildman–Crippen LogP) is 0.922. The number of hydrogen-bond donors (Lipinski definition) is 1. The van der Waals surface area contributed by atoms with E-state index in [1.54, 1.807) is 0 Å². The van der Waals surface area contributed by atoms with Crippen molar-refractivity contribution < 1.29 is 8.78 Å². The van der Waals surface area contributed by atoms with E-state index in [2.05, 4.69) is 4.90 Å². The molecule has 1 saturated heterocycles. The number of nitrogens with two attached hydrogens (primary N) is 1. The Kier molecular flexibility index (Phi) is 3.88. The van der Waals surface area contributed by atoms with Gasteiger partial charge in [-0.05, 0) is 32.5 Å². The van der Waals surface area contributed by atoms with Crippen molar-refractivity contribution in [3.8, 4) is 0 Å². The third-order valence-electron chi connectivity index (χ3n) is 2.34. The average molecular weight is 178 g/mol. The monoisotopic (exact) mass is 178 g/mol. The van der Waals surface area contributed by atoms with Gasteiger partial charge in [-0.3, -0.25) is 0 Å². The minimum Gasteiger partial charge on any atom is -0.330 e. The molecule has 0 saturated carbocycles. The summed E-state index contributed by atoms with van der Waals surface area (Å²) in [5, 5.41) is 0. The molecule has 0 aromatic rings. The zero-order valence-corrected chi connectivity index (χ0v) is 7.18. The van der Waals surface area contributed by atoms with Gasteiger partial charge in [-0.2, -0.15) is 0 Å². The number of nitrogens with zero attached hydrogens (tertiary/aromatic N) is 1. The maximum atomic E-state index is 12.2. The summed E-state index contributed by atoms with van der Waals surface area (Å²) in [6, 6.07) is 0. The molecule has 0 aromatic carbocycles. The minimum atomic E-state index is -2.15. The summed E-state index contributed by atoms with van der Waals surface area (Å²) >= 11 is 0. The molecule has 1 aliphatic rings. The minimum absolute atomic E-state index is 0.400. The van der Waals surface area contributed by atoms with Crippen molar-refractivity contribution in [1.29, 1.82) is 0 Å². The van der Waals surface area contributed by atoms with Gasteiger partial charge in [0.15, 0.2) is 0 Å². The van der Waals surface area contributed by atoms with Crippen LogP contribution in [0.3, 0.4) is 0 Å². The Morgan fingerprint density at radius 1 is 1.50 bits per heavy atom. The van der Waals surface area contributed by atoms with E-state index in [0.717, 1.165) is 19.5 Å². The van der Waals surface area contributed by atoms with Crippen LogP contribution in [0, 0.1) is 5.92 Å². The highest BCUT2D eigenvalue weighted by atomic mass is 19.3. The second-order valence-corrected chi connectivity index (χ2v) is 3.33. The summed E-state index contributed by atoms with van der Waals surface area (Å²) in [6.07, 6.45) is -0.592. The summed E-state index contributed by atoms with van der Waals surface area (Å²) in [5.41, 5.74) is 5.33. The summed E-state index contributed by atoms with van der Waals surface area (Å²) in [5.74, 6) is -0.400. The first kappa shape index (κ1) is 9.86. The highest BCUT2D eigenvalue weighted by Crippen LogP contribution is 2.22. The zero-order chi connectivity index (χ0) is 8.97. The van der Waals surface area contributed by atoms with Crippen LogP contribution in [-0.4, -0.2) is 37.5 Å². The lowest BCUT2D eigenvalue weighted by Gasteiger charge is -2.14. The van der Waals surface area contributed by atoms with Gasteiger partial charge >= 0.3 is 0 Å². The van der Waals surface area contributed by atoms with Crippen LogP contribution in [-0.2, 0) is 0 Å². The number of rotatable bonds is 4. The van der Waals surface area contributed by atoms with Crippen molar-refractivity contribution in [1.82, 2.24) is 4.90 Å². The topological polar surface area (TPSA) is 29.3 Å². The van der Waals surface area contributed by atoms with E-state index < -0.39 is 12.3 Å². The number of hydrogen-bond acceptors (Lipinski definition) is 2. The van der Waals surface area contributed by atoms with Crippen LogP contribution in [0.1, 0.15) is 12.8 Å².